The summed E-state index contributed by atoms with van der Waals surface area (Å²) in [5, 5.41) is 4.20. The van der Waals surface area contributed by atoms with E-state index in [1.54, 1.807) is 5.32 Å². The van der Waals surface area contributed by atoms with Crippen molar-refractivity contribution in [3.63, 3.8) is 0 Å². The third-order valence-corrected chi connectivity index (χ3v) is 4.11. The second-order valence-electron chi connectivity index (χ2n) is 5.29. The number of halogens is 5. The highest BCUT2D eigenvalue weighted by Crippen LogP contribution is 2.21. The predicted octanol–water partition coefficient (Wildman–Crippen LogP) is 3.99. The number of alkyl halides is 3. The summed E-state index contributed by atoms with van der Waals surface area (Å²) < 4.78 is 62.4. The number of rotatable bonds is 6. The highest BCUT2D eigenvalue weighted by molar-refractivity contribution is 8.00. The van der Waals surface area contributed by atoms with Gasteiger partial charge in [0.25, 0.3) is 5.91 Å². The van der Waals surface area contributed by atoms with Crippen molar-refractivity contribution >= 4 is 29.3 Å². The van der Waals surface area contributed by atoms with Gasteiger partial charge in [-0.05, 0) is 36.4 Å². The van der Waals surface area contributed by atoms with Crippen molar-refractivity contribution in [3.8, 4) is 0 Å². The van der Waals surface area contributed by atoms with Gasteiger partial charge in [-0.3, -0.25) is 9.59 Å². The first kappa shape index (κ1) is 20.7. The van der Waals surface area contributed by atoms with Crippen molar-refractivity contribution in [2.75, 3.05) is 17.6 Å². The van der Waals surface area contributed by atoms with Gasteiger partial charge in [0.05, 0.1) is 5.75 Å². The Morgan fingerprint density at radius 3 is 2.41 bits per heavy atom. The molecular weight excluding hydrogens is 391 g/mol. The Morgan fingerprint density at radius 2 is 1.74 bits per heavy atom. The molecule has 27 heavy (non-hydrogen) atoms. The van der Waals surface area contributed by atoms with Crippen molar-refractivity contribution in [1.82, 2.24) is 5.32 Å². The Kier molecular flexibility index (Phi) is 6.78. The minimum Gasteiger partial charge on any atom is -0.343 e. The van der Waals surface area contributed by atoms with Gasteiger partial charge < -0.3 is 10.6 Å². The Hall–Kier alpha value is -2.62. The summed E-state index contributed by atoms with van der Waals surface area (Å²) in [7, 11) is 0. The van der Waals surface area contributed by atoms with E-state index in [2.05, 4.69) is 5.32 Å². The van der Waals surface area contributed by atoms with Gasteiger partial charge >= 0.3 is 6.18 Å². The third kappa shape index (κ3) is 6.89. The Morgan fingerprint density at radius 1 is 1.00 bits per heavy atom. The summed E-state index contributed by atoms with van der Waals surface area (Å²) in [5.41, 5.74) is 0.163. The lowest BCUT2D eigenvalue weighted by atomic mass is 10.2. The summed E-state index contributed by atoms with van der Waals surface area (Å²) in [6.07, 6.45) is -4.53. The van der Waals surface area contributed by atoms with Crippen molar-refractivity contribution in [2.24, 2.45) is 0 Å². The zero-order chi connectivity index (χ0) is 20.0. The molecule has 0 radical (unpaired) electrons. The molecule has 2 aromatic rings. The standard InChI is InChI=1S/C17H13F5N2O2S/c18-13-5-4-12(7-14(13)19)27-8-15(25)24-11-3-1-2-10(6-11)16(26)23-9-17(20,21)22/h1-7H,8-9H2,(H,23,26)(H,24,25). The number of carbonyl (C=O) groups is 2. The molecule has 0 aromatic heterocycles. The third-order valence-electron chi connectivity index (χ3n) is 3.12. The average Bonchev–Trinajstić information content (AvgIpc) is 2.60. The molecule has 0 unspecified atom stereocenters. The molecule has 2 rings (SSSR count). The average molecular weight is 404 g/mol. The minimum atomic E-state index is -4.53. The summed E-state index contributed by atoms with van der Waals surface area (Å²) >= 11 is 0.969. The summed E-state index contributed by atoms with van der Waals surface area (Å²) in [4.78, 5) is 24.0. The van der Waals surface area contributed by atoms with Crippen LogP contribution in [0.3, 0.4) is 0 Å². The molecule has 10 heteroatoms. The molecule has 0 atom stereocenters. The Balaban J connectivity index is 1.91. The van der Waals surface area contributed by atoms with Crippen molar-refractivity contribution in [1.29, 1.82) is 0 Å². The van der Waals surface area contributed by atoms with Gasteiger partial charge in [0, 0.05) is 16.1 Å². The first-order valence-electron chi connectivity index (χ1n) is 7.47. The van der Waals surface area contributed by atoms with E-state index < -0.39 is 36.2 Å². The van der Waals surface area contributed by atoms with Crippen LogP contribution in [0, 0.1) is 11.6 Å². The molecule has 0 bridgehead atoms. The number of hydrogen-bond acceptors (Lipinski definition) is 3. The molecule has 0 aliphatic rings. The fourth-order valence-electron chi connectivity index (χ4n) is 1.93. The van der Waals surface area contributed by atoms with Crippen molar-refractivity contribution < 1.29 is 31.5 Å². The van der Waals surface area contributed by atoms with Crippen molar-refractivity contribution in [3.05, 3.63) is 59.7 Å². The van der Waals surface area contributed by atoms with Crippen LogP contribution >= 0.6 is 11.8 Å². The smallest absolute Gasteiger partial charge is 0.343 e. The lowest BCUT2D eigenvalue weighted by molar-refractivity contribution is -0.123. The van der Waals surface area contributed by atoms with Crippen LogP contribution in [0.5, 0.6) is 0 Å². The van der Waals surface area contributed by atoms with Gasteiger partial charge in [-0.2, -0.15) is 13.2 Å². The van der Waals surface area contributed by atoms with Crippen LogP contribution in [0.1, 0.15) is 10.4 Å². The summed E-state index contributed by atoms with van der Waals surface area (Å²) in [6.45, 7) is -1.46. The van der Waals surface area contributed by atoms with Gasteiger partial charge in [-0.25, -0.2) is 8.78 Å². The van der Waals surface area contributed by atoms with Crippen LogP contribution in [-0.2, 0) is 4.79 Å². The maximum atomic E-state index is 13.1. The molecule has 4 nitrogen and oxygen atoms in total. The van der Waals surface area contributed by atoms with E-state index in [9.17, 15) is 31.5 Å². The maximum Gasteiger partial charge on any atom is 0.405 e. The number of amides is 2. The Labute approximate surface area is 155 Å². The Bertz CT molecular complexity index is 842. The minimum absolute atomic E-state index is 0.0506. The van der Waals surface area contributed by atoms with Gasteiger partial charge in [0.2, 0.25) is 5.91 Å². The van der Waals surface area contributed by atoms with Gasteiger partial charge in [0.1, 0.15) is 6.54 Å². The largest absolute Gasteiger partial charge is 0.405 e. The molecule has 2 aromatic carbocycles. The van der Waals surface area contributed by atoms with E-state index in [1.807, 2.05) is 0 Å². The van der Waals surface area contributed by atoms with Crippen molar-refractivity contribution in [2.45, 2.75) is 11.1 Å². The normalized spacial score (nSPS) is 11.1. The van der Waals surface area contributed by atoms with Gasteiger partial charge in [0.15, 0.2) is 11.6 Å². The lowest BCUT2D eigenvalue weighted by Gasteiger charge is -2.10. The van der Waals surface area contributed by atoms with E-state index >= 15 is 0 Å². The fraction of sp³-hybridized carbons (Fsp3) is 0.176. The van der Waals surface area contributed by atoms with Gasteiger partial charge in [-0.1, -0.05) is 6.07 Å². The zero-order valence-electron chi connectivity index (χ0n) is 13.6. The molecule has 0 saturated carbocycles. The molecule has 0 saturated heterocycles. The van der Waals surface area contributed by atoms with E-state index in [-0.39, 0.29) is 17.0 Å². The molecule has 0 spiro atoms. The predicted molar refractivity (Wildman–Crippen MR) is 90.5 cm³/mol. The quantitative estimate of drug-likeness (QED) is 0.566. The number of hydrogen-bond donors (Lipinski definition) is 2. The molecule has 2 amide bonds. The molecule has 0 fully saturated rings. The summed E-state index contributed by atoms with van der Waals surface area (Å²) in [6, 6.07) is 8.62. The monoisotopic (exact) mass is 404 g/mol. The van der Waals surface area contributed by atoms with Crippen LogP contribution in [0.4, 0.5) is 27.6 Å². The lowest BCUT2D eigenvalue weighted by Crippen LogP contribution is -2.33. The van der Waals surface area contributed by atoms with Crippen LogP contribution in [-0.4, -0.2) is 30.3 Å². The van der Waals surface area contributed by atoms with Gasteiger partial charge in [-0.15, -0.1) is 11.8 Å². The topological polar surface area (TPSA) is 58.2 Å². The van der Waals surface area contributed by atoms with E-state index in [0.717, 1.165) is 23.9 Å². The number of anilines is 1. The summed E-state index contributed by atoms with van der Waals surface area (Å²) in [5.74, 6) is -3.56. The number of benzene rings is 2. The fourth-order valence-corrected chi connectivity index (χ4v) is 2.65. The second-order valence-corrected chi connectivity index (χ2v) is 6.34. The second kappa shape index (κ2) is 8.85. The van der Waals surface area contributed by atoms with E-state index in [4.69, 9.17) is 0 Å². The zero-order valence-corrected chi connectivity index (χ0v) is 14.4. The first-order chi connectivity index (χ1) is 12.6. The molecule has 2 N–H and O–H groups in total. The first-order valence-corrected chi connectivity index (χ1v) is 8.45. The van der Waals surface area contributed by atoms with Crippen LogP contribution in [0.25, 0.3) is 0 Å². The molecular formula is C17H13F5N2O2S. The van der Waals surface area contributed by atoms with E-state index in [0.29, 0.717) is 4.90 Å². The molecule has 144 valence electrons. The number of nitrogens with one attached hydrogen (secondary N) is 2. The van der Waals surface area contributed by atoms with Crippen LogP contribution in [0.2, 0.25) is 0 Å². The molecule has 0 aliphatic carbocycles. The molecule has 0 heterocycles. The molecule has 0 aliphatic heterocycles. The highest BCUT2D eigenvalue weighted by atomic mass is 32.2. The number of carbonyl (C=O) groups excluding carboxylic acids is 2. The SMILES string of the molecule is O=C(CSc1ccc(F)c(F)c1)Nc1cccc(C(=O)NCC(F)(F)F)c1. The van der Waals surface area contributed by atoms with Crippen LogP contribution < -0.4 is 10.6 Å². The highest BCUT2D eigenvalue weighted by Gasteiger charge is 2.27. The van der Waals surface area contributed by atoms with E-state index in [1.165, 1.54) is 30.3 Å². The maximum absolute atomic E-state index is 13.1. The van der Waals surface area contributed by atoms with Crippen LogP contribution in [0.15, 0.2) is 47.4 Å². The number of thioether (sulfide) groups is 1.